The normalized spacial score (nSPS) is 11.8. The van der Waals surface area contributed by atoms with Gasteiger partial charge in [-0.2, -0.15) is 0 Å². The van der Waals surface area contributed by atoms with Gasteiger partial charge in [-0.3, -0.25) is 19.7 Å². The Morgan fingerprint density at radius 3 is 2.52 bits per heavy atom. The second kappa shape index (κ2) is 9.04. The van der Waals surface area contributed by atoms with E-state index in [0.29, 0.717) is 16.2 Å². The molecule has 0 radical (unpaired) electrons. The highest BCUT2D eigenvalue weighted by atomic mass is 32.2. The van der Waals surface area contributed by atoms with Gasteiger partial charge in [0, 0.05) is 24.9 Å². The number of nitrogens with zero attached hydrogens (tertiary/aromatic N) is 3. The smallest absolute Gasteiger partial charge is 0.269 e. The maximum atomic E-state index is 12.7. The molecule has 1 atom stereocenters. The molecule has 2 rings (SSSR count). The van der Waals surface area contributed by atoms with Gasteiger partial charge >= 0.3 is 0 Å². The van der Waals surface area contributed by atoms with Gasteiger partial charge in [0.25, 0.3) is 11.6 Å². The Bertz CT molecular complexity index is 977. The van der Waals surface area contributed by atoms with Crippen molar-refractivity contribution in [1.82, 2.24) is 9.88 Å². The first-order valence-electron chi connectivity index (χ1n) is 8.95. The fraction of sp³-hybridized carbons (Fsp3) is 0.350. The van der Waals surface area contributed by atoms with Gasteiger partial charge in [0.05, 0.1) is 22.3 Å². The van der Waals surface area contributed by atoms with Crippen LogP contribution in [-0.4, -0.2) is 39.4 Å². The summed E-state index contributed by atoms with van der Waals surface area (Å²) < 4.78 is 0. The molecule has 0 unspecified atom stereocenters. The number of thioether (sulfide) groups is 1. The third-order valence-corrected chi connectivity index (χ3v) is 6.04. The van der Waals surface area contributed by atoms with Crippen LogP contribution in [0.1, 0.15) is 45.7 Å². The van der Waals surface area contributed by atoms with E-state index in [2.05, 4.69) is 4.98 Å². The molecule has 1 aromatic carbocycles. The second-order valence-electron chi connectivity index (χ2n) is 6.81. The SMILES string of the molecule is Cc1nc(SCC(=O)N(C)[C@H](C)c2cccc([N+](=O)[O-])c2)c(C(N)=O)c(C)c1C. The molecular weight excluding hydrogens is 392 g/mol. The fourth-order valence-electron chi connectivity index (χ4n) is 2.88. The maximum Gasteiger partial charge on any atom is 0.269 e. The van der Waals surface area contributed by atoms with Crippen molar-refractivity contribution in [2.75, 3.05) is 12.8 Å². The lowest BCUT2D eigenvalue weighted by Crippen LogP contribution is -2.31. The Labute approximate surface area is 173 Å². The maximum absolute atomic E-state index is 12.7. The van der Waals surface area contributed by atoms with Crippen molar-refractivity contribution in [3.05, 3.63) is 62.3 Å². The molecule has 0 saturated heterocycles. The van der Waals surface area contributed by atoms with Gasteiger partial charge in [0.15, 0.2) is 0 Å². The van der Waals surface area contributed by atoms with E-state index in [0.717, 1.165) is 28.6 Å². The minimum absolute atomic E-state index is 0.0227. The fourth-order valence-corrected chi connectivity index (χ4v) is 3.94. The average Bonchev–Trinajstić information content (AvgIpc) is 2.68. The van der Waals surface area contributed by atoms with Gasteiger partial charge in [-0.1, -0.05) is 23.9 Å². The quantitative estimate of drug-likeness (QED) is 0.420. The predicted molar refractivity (Wildman–Crippen MR) is 112 cm³/mol. The number of benzene rings is 1. The topological polar surface area (TPSA) is 119 Å². The molecule has 0 bridgehead atoms. The number of aryl methyl sites for hydroxylation is 1. The zero-order valence-electron chi connectivity index (χ0n) is 17.1. The molecule has 154 valence electrons. The van der Waals surface area contributed by atoms with Crippen molar-refractivity contribution in [2.45, 2.75) is 38.8 Å². The van der Waals surface area contributed by atoms with Crippen LogP contribution in [-0.2, 0) is 4.79 Å². The van der Waals surface area contributed by atoms with Crippen molar-refractivity contribution in [2.24, 2.45) is 5.73 Å². The molecule has 9 heteroatoms. The van der Waals surface area contributed by atoms with Crippen molar-refractivity contribution >= 4 is 29.3 Å². The van der Waals surface area contributed by atoms with E-state index >= 15 is 0 Å². The van der Waals surface area contributed by atoms with E-state index in [4.69, 9.17) is 5.73 Å². The lowest BCUT2D eigenvalue weighted by molar-refractivity contribution is -0.384. The first-order chi connectivity index (χ1) is 13.5. The zero-order valence-corrected chi connectivity index (χ0v) is 17.9. The molecule has 2 N–H and O–H groups in total. The highest BCUT2D eigenvalue weighted by Gasteiger charge is 2.22. The molecule has 0 aliphatic heterocycles. The minimum Gasteiger partial charge on any atom is -0.366 e. The molecule has 1 heterocycles. The Hall–Kier alpha value is -2.94. The number of non-ortho nitro benzene ring substituents is 1. The predicted octanol–water partition coefficient (Wildman–Crippen LogP) is 3.33. The third kappa shape index (κ3) is 4.92. The molecule has 0 saturated carbocycles. The summed E-state index contributed by atoms with van der Waals surface area (Å²) in [7, 11) is 1.64. The van der Waals surface area contributed by atoms with Crippen LogP contribution in [0.15, 0.2) is 29.3 Å². The molecule has 8 nitrogen and oxygen atoms in total. The van der Waals surface area contributed by atoms with Crippen LogP contribution in [0.5, 0.6) is 0 Å². The summed E-state index contributed by atoms with van der Waals surface area (Å²) in [5, 5.41) is 11.4. The van der Waals surface area contributed by atoms with Gasteiger partial charge in [-0.15, -0.1) is 0 Å². The van der Waals surface area contributed by atoms with Gasteiger partial charge in [-0.05, 0) is 44.4 Å². The summed E-state index contributed by atoms with van der Waals surface area (Å²) in [5.41, 5.74) is 8.93. The average molecular weight is 417 g/mol. The molecule has 1 aromatic heterocycles. The standard InChI is InChI=1S/C20H24N4O4S/c1-11-12(2)18(19(21)26)20(22-13(11)3)29-10-17(25)23(5)14(4)15-7-6-8-16(9-15)24(27)28/h6-9,14H,10H2,1-5H3,(H2,21,26)/t14-/m1/s1. The minimum atomic E-state index is -0.577. The number of nitro groups is 1. The van der Waals surface area contributed by atoms with Gasteiger partial charge in [0.1, 0.15) is 5.03 Å². The van der Waals surface area contributed by atoms with Crippen LogP contribution in [0.4, 0.5) is 5.69 Å². The molecule has 2 amide bonds. The van der Waals surface area contributed by atoms with E-state index in [-0.39, 0.29) is 23.4 Å². The number of rotatable bonds is 7. The molecule has 2 aromatic rings. The van der Waals surface area contributed by atoms with Gasteiger partial charge < -0.3 is 10.6 Å². The molecule has 0 spiro atoms. The Kier molecular flexibility index (Phi) is 6.97. The van der Waals surface area contributed by atoms with Crippen molar-refractivity contribution < 1.29 is 14.5 Å². The second-order valence-corrected chi connectivity index (χ2v) is 7.78. The summed E-state index contributed by atoms with van der Waals surface area (Å²) >= 11 is 1.16. The number of hydrogen-bond acceptors (Lipinski definition) is 6. The number of pyridine rings is 1. The number of nitrogens with two attached hydrogens (primary N) is 1. The van der Waals surface area contributed by atoms with Crippen LogP contribution in [0.2, 0.25) is 0 Å². The Morgan fingerprint density at radius 1 is 1.28 bits per heavy atom. The first kappa shape index (κ1) is 22.4. The van der Waals surface area contributed by atoms with Crippen LogP contribution >= 0.6 is 11.8 Å². The molecule has 29 heavy (non-hydrogen) atoms. The zero-order chi connectivity index (χ0) is 21.9. The summed E-state index contributed by atoms with van der Waals surface area (Å²) in [4.78, 5) is 41.0. The summed E-state index contributed by atoms with van der Waals surface area (Å²) in [5.74, 6) is -0.709. The third-order valence-electron chi connectivity index (χ3n) is 5.08. The highest BCUT2D eigenvalue weighted by molar-refractivity contribution is 8.00. The number of carbonyl (C=O) groups excluding carboxylic acids is 2. The Balaban J connectivity index is 2.18. The van der Waals surface area contributed by atoms with E-state index < -0.39 is 10.8 Å². The lowest BCUT2D eigenvalue weighted by atomic mass is 10.0. The van der Waals surface area contributed by atoms with Crippen LogP contribution < -0.4 is 5.73 Å². The lowest BCUT2D eigenvalue weighted by Gasteiger charge is -2.25. The van der Waals surface area contributed by atoms with E-state index in [1.165, 1.54) is 17.0 Å². The molecular formula is C20H24N4O4S. The largest absolute Gasteiger partial charge is 0.366 e. The summed E-state index contributed by atoms with van der Waals surface area (Å²) in [6.45, 7) is 7.33. The van der Waals surface area contributed by atoms with Gasteiger partial charge in [-0.25, -0.2) is 4.98 Å². The number of primary amides is 1. The number of nitro benzene ring substituents is 1. The van der Waals surface area contributed by atoms with Crippen LogP contribution in [0.25, 0.3) is 0 Å². The number of aromatic nitrogens is 1. The summed E-state index contributed by atoms with van der Waals surface area (Å²) in [6.07, 6.45) is 0. The monoisotopic (exact) mass is 416 g/mol. The van der Waals surface area contributed by atoms with E-state index in [9.17, 15) is 19.7 Å². The van der Waals surface area contributed by atoms with Crippen molar-refractivity contribution in [1.29, 1.82) is 0 Å². The Morgan fingerprint density at radius 2 is 1.93 bits per heavy atom. The molecule has 0 aliphatic rings. The van der Waals surface area contributed by atoms with E-state index in [1.807, 2.05) is 20.8 Å². The molecule has 0 aliphatic carbocycles. The van der Waals surface area contributed by atoms with Crippen molar-refractivity contribution in [3.8, 4) is 0 Å². The van der Waals surface area contributed by atoms with Crippen LogP contribution in [0, 0.1) is 30.9 Å². The van der Waals surface area contributed by atoms with Crippen LogP contribution in [0.3, 0.4) is 0 Å². The highest BCUT2D eigenvalue weighted by Crippen LogP contribution is 2.28. The van der Waals surface area contributed by atoms with Gasteiger partial charge in [0.2, 0.25) is 5.91 Å². The summed E-state index contributed by atoms with van der Waals surface area (Å²) in [6, 6.07) is 5.85. The van der Waals surface area contributed by atoms with Crippen molar-refractivity contribution in [3.63, 3.8) is 0 Å². The number of amides is 2. The first-order valence-corrected chi connectivity index (χ1v) is 9.93. The van der Waals surface area contributed by atoms with E-state index in [1.54, 1.807) is 26.1 Å². The molecule has 0 fully saturated rings. The number of carbonyl (C=O) groups is 2. The number of hydrogen-bond donors (Lipinski definition) is 1.